The second-order valence-corrected chi connectivity index (χ2v) is 12.3. The number of hydrogen-bond donors (Lipinski definition) is 2. The van der Waals surface area contributed by atoms with Crippen molar-refractivity contribution in [3.63, 3.8) is 0 Å². The van der Waals surface area contributed by atoms with Gasteiger partial charge in [0.2, 0.25) is 0 Å². The summed E-state index contributed by atoms with van der Waals surface area (Å²) in [5.74, 6) is 1.91. The van der Waals surface area contributed by atoms with Crippen molar-refractivity contribution < 1.29 is 9.53 Å². The number of nitrogens with zero attached hydrogens (tertiary/aromatic N) is 4. The quantitative estimate of drug-likeness (QED) is 0.301. The minimum atomic E-state index is -0.513. The minimum absolute atomic E-state index is 0.470. The molecule has 2 aromatic heterocycles. The van der Waals surface area contributed by atoms with Gasteiger partial charge in [0, 0.05) is 36.9 Å². The van der Waals surface area contributed by atoms with Crippen molar-refractivity contribution in [2.24, 2.45) is 0 Å². The number of ether oxygens (including phenoxy) is 1. The number of aromatic nitrogens is 2. The Labute approximate surface area is 237 Å². The van der Waals surface area contributed by atoms with Crippen LogP contribution in [0.25, 0.3) is 0 Å². The molecule has 204 valence electrons. The highest BCUT2D eigenvalue weighted by molar-refractivity contribution is 7.14. The lowest BCUT2D eigenvalue weighted by molar-refractivity contribution is 0.0636. The Bertz CT molecular complexity index is 1430. The SMILES string of the molecule is CC(C)(C)OC(=O)Nc1nc(N2CCc3ccccc3C2)cs1.Nc1nc(N2CCc3ccccc3C2)cs1. The highest BCUT2D eigenvalue weighted by atomic mass is 32.1. The zero-order valence-corrected chi connectivity index (χ0v) is 24.1. The normalized spacial score (nSPS) is 14.5. The molecule has 2 aliphatic rings. The fraction of sp³-hybridized carbons (Fsp3) is 0.345. The number of fused-ring (bicyclic) bond motifs is 2. The number of rotatable bonds is 3. The number of carbonyl (C=O) groups is 1. The zero-order valence-electron chi connectivity index (χ0n) is 22.5. The van der Waals surface area contributed by atoms with Gasteiger partial charge in [0.15, 0.2) is 10.3 Å². The molecule has 2 aromatic carbocycles. The van der Waals surface area contributed by atoms with Gasteiger partial charge in [0.1, 0.15) is 17.2 Å². The van der Waals surface area contributed by atoms with Gasteiger partial charge in [-0.15, -0.1) is 22.7 Å². The summed E-state index contributed by atoms with van der Waals surface area (Å²) in [7, 11) is 0. The second-order valence-electron chi connectivity index (χ2n) is 10.6. The van der Waals surface area contributed by atoms with E-state index in [4.69, 9.17) is 10.5 Å². The van der Waals surface area contributed by atoms with Crippen molar-refractivity contribution in [1.82, 2.24) is 9.97 Å². The largest absolute Gasteiger partial charge is 0.444 e. The monoisotopic (exact) mass is 562 g/mol. The van der Waals surface area contributed by atoms with E-state index in [0.29, 0.717) is 10.3 Å². The van der Waals surface area contributed by atoms with Crippen LogP contribution in [0, 0.1) is 0 Å². The van der Waals surface area contributed by atoms with E-state index in [1.54, 1.807) is 0 Å². The van der Waals surface area contributed by atoms with Crippen molar-refractivity contribution in [1.29, 1.82) is 0 Å². The number of nitrogens with one attached hydrogen (secondary N) is 1. The molecule has 4 heterocycles. The van der Waals surface area contributed by atoms with Crippen LogP contribution in [-0.4, -0.2) is 34.8 Å². The van der Waals surface area contributed by atoms with Crippen LogP contribution in [0.3, 0.4) is 0 Å². The van der Waals surface area contributed by atoms with Gasteiger partial charge >= 0.3 is 6.09 Å². The molecule has 0 atom stereocenters. The van der Waals surface area contributed by atoms with Crippen molar-refractivity contribution in [3.05, 3.63) is 81.5 Å². The molecule has 0 saturated heterocycles. The third kappa shape index (κ3) is 7.07. The molecule has 0 aliphatic carbocycles. The summed E-state index contributed by atoms with van der Waals surface area (Å²) < 4.78 is 5.25. The number of nitrogens with two attached hydrogens (primary N) is 1. The lowest BCUT2D eigenvalue weighted by atomic mass is 10.0. The first kappa shape index (κ1) is 27.0. The molecule has 39 heavy (non-hydrogen) atoms. The fourth-order valence-corrected chi connectivity index (χ4v) is 5.95. The highest BCUT2D eigenvalue weighted by Gasteiger charge is 2.21. The van der Waals surface area contributed by atoms with Crippen LogP contribution < -0.4 is 20.9 Å². The molecule has 4 aromatic rings. The lowest BCUT2D eigenvalue weighted by Gasteiger charge is -2.28. The average Bonchev–Trinajstić information content (AvgIpc) is 3.56. The minimum Gasteiger partial charge on any atom is -0.444 e. The van der Waals surface area contributed by atoms with Crippen molar-refractivity contribution in [3.8, 4) is 0 Å². The predicted molar refractivity (Wildman–Crippen MR) is 161 cm³/mol. The Kier molecular flexibility index (Phi) is 8.04. The molecule has 1 amide bonds. The maximum atomic E-state index is 11.8. The molecule has 8 nitrogen and oxygen atoms in total. The van der Waals surface area contributed by atoms with E-state index in [0.717, 1.165) is 50.7 Å². The third-order valence-electron chi connectivity index (χ3n) is 6.52. The maximum Gasteiger partial charge on any atom is 0.413 e. The van der Waals surface area contributed by atoms with Crippen LogP contribution >= 0.6 is 22.7 Å². The van der Waals surface area contributed by atoms with Gasteiger partial charge in [0.05, 0.1) is 0 Å². The molecule has 6 rings (SSSR count). The van der Waals surface area contributed by atoms with E-state index in [-0.39, 0.29) is 0 Å². The van der Waals surface area contributed by atoms with Gasteiger partial charge in [0.25, 0.3) is 0 Å². The van der Waals surface area contributed by atoms with E-state index >= 15 is 0 Å². The van der Waals surface area contributed by atoms with Crippen LogP contribution in [0.1, 0.15) is 43.0 Å². The molecule has 0 radical (unpaired) electrons. The van der Waals surface area contributed by atoms with Crippen molar-refractivity contribution in [2.45, 2.75) is 52.3 Å². The van der Waals surface area contributed by atoms with Crippen LogP contribution in [0.2, 0.25) is 0 Å². The van der Waals surface area contributed by atoms with E-state index < -0.39 is 11.7 Å². The number of nitrogen functional groups attached to an aromatic ring is 1. The highest BCUT2D eigenvalue weighted by Crippen LogP contribution is 2.28. The standard InChI is InChI=1S/C17H21N3O2S.C12H13N3S/c1-17(2,3)22-16(21)19-15-18-14(11-23-15)20-9-8-12-6-4-5-7-13(12)10-20;13-12-14-11(8-16-12)15-6-5-9-3-1-2-4-10(9)7-15/h4-7,11H,8-10H2,1-3H3,(H,18,19,21);1-4,8H,5-7H2,(H2,13,14). The first-order valence-corrected chi connectivity index (χ1v) is 14.8. The van der Waals surface area contributed by atoms with Gasteiger partial charge < -0.3 is 20.3 Å². The van der Waals surface area contributed by atoms with Crippen molar-refractivity contribution >= 4 is 50.7 Å². The number of anilines is 4. The summed E-state index contributed by atoms with van der Waals surface area (Å²) in [4.78, 5) is 25.2. The summed E-state index contributed by atoms with van der Waals surface area (Å²) in [5, 5.41) is 7.91. The molecule has 2 aliphatic heterocycles. The zero-order chi connectivity index (χ0) is 27.4. The number of thiazole rings is 2. The van der Waals surface area contributed by atoms with Gasteiger partial charge in [-0.2, -0.15) is 0 Å². The maximum absolute atomic E-state index is 11.8. The molecular weight excluding hydrogens is 528 g/mol. The topological polar surface area (TPSA) is 96.6 Å². The number of carbonyl (C=O) groups excluding carboxylic acids is 1. The summed E-state index contributed by atoms with van der Waals surface area (Å²) in [6.07, 6.45) is 1.64. The Balaban J connectivity index is 0.000000168. The van der Waals surface area contributed by atoms with Gasteiger partial charge in [-0.1, -0.05) is 48.5 Å². The van der Waals surface area contributed by atoms with Gasteiger partial charge in [-0.05, 0) is 55.9 Å². The van der Waals surface area contributed by atoms with Crippen LogP contribution in [0.15, 0.2) is 59.3 Å². The van der Waals surface area contributed by atoms with E-state index in [1.807, 2.05) is 31.5 Å². The molecule has 0 bridgehead atoms. The Morgan fingerprint density at radius 1 is 0.846 bits per heavy atom. The summed E-state index contributed by atoms with van der Waals surface area (Å²) in [6.45, 7) is 9.28. The van der Waals surface area contributed by atoms with E-state index in [9.17, 15) is 4.79 Å². The van der Waals surface area contributed by atoms with Gasteiger partial charge in [-0.3, -0.25) is 5.32 Å². The van der Waals surface area contributed by atoms with Crippen molar-refractivity contribution in [2.75, 3.05) is 33.9 Å². The smallest absolute Gasteiger partial charge is 0.413 e. The summed E-state index contributed by atoms with van der Waals surface area (Å²) in [6, 6.07) is 17.1. The van der Waals surface area contributed by atoms with Crippen LogP contribution in [-0.2, 0) is 30.7 Å². The Morgan fingerprint density at radius 2 is 1.36 bits per heavy atom. The molecule has 0 unspecified atom stereocenters. The Morgan fingerprint density at radius 3 is 1.87 bits per heavy atom. The molecular formula is C29H34N6O2S2. The molecule has 0 saturated carbocycles. The Hall–Kier alpha value is -3.63. The summed E-state index contributed by atoms with van der Waals surface area (Å²) in [5.41, 5.74) is 10.8. The number of hydrogen-bond acceptors (Lipinski definition) is 9. The molecule has 10 heteroatoms. The molecule has 0 fully saturated rings. The second kappa shape index (κ2) is 11.6. The van der Waals surface area contributed by atoms with Crippen LogP contribution in [0.5, 0.6) is 0 Å². The number of amides is 1. The first-order valence-electron chi connectivity index (χ1n) is 13.0. The lowest BCUT2D eigenvalue weighted by Crippen LogP contribution is -2.30. The number of benzene rings is 2. The van der Waals surface area contributed by atoms with Crippen LogP contribution in [0.4, 0.5) is 26.7 Å². The average molecular weight is 563 g/mol. The molecule has 0 spiro atoms. The predicted octanol–water partition coefficient (Wildman–Crippen LogP) is 6.34. The fourth-order valence-electron chi connectivity index (χ4n) is 4.67. The molecule has 3 N–H and O–H groups in total. The van der Waals surface area contributed by atoms with E-state index in [1.165, 1.54) is 44.9 Å². The third-order valence-corrected chi connectivity index (χ3v) is 7.93. The first-order chi connectivity index (χ1) is 18.7. The van der Waals surface area contributed by atoms with E-state index in [2.05, 4.69) is 73.6 Å². The summed E-state index contributed by atoms with van der Waals surface area (Å²) >= 11 is 2.92. The van der Waals surface area contributed by atoms with Gasteiger partial charge in [-0.25, -0.2) is 14.8 Å².